The molecular weight excluding hydrogens is 300 g/mol. The lowest BCUT2D eigenvalue weighted by molar-refractivity contribution is -0.134. The quantitative estimate of drug-likeness (QED) is 0.694. The van der Waals surface area contributed by atoms with E-state index in [0.717, 1.165) is 0 Å². The van der Waals surface area contributed by atoms with Gasteiger partial charge in [0.25, 0.3) is 0 Å². The Morgan fingerprint density at radius 2 is 1.67 bits per heavy atom. The van der Waals surface area contributed by atoms with E-state index in [9.17, 15) is 14.4 Å². The second-order valence-corrected chi connectivity index (χ2v) is 4.62. The fraction of sp³-hybridized carbons (Fsp3) is 0.750. The monoisotopic (exact) mass is 322 g/mol. The molecule has 9 heteroatoms. The highest BCUT2D eigenvalue weighted by Crippen LogP contribution is 2.07. The van der Waals surface area contributed by atoms with Crippen LogP contribution in [0, 0.1) is 0 Å². The Labute approximate surface area is 130 Å². The van der Waals surface area contributed by atoms with Gasteiger partial charge in [-0.3, -0.25) is 9.59 Å². The van der Waals surface area contributed by atoms with E-state index in [1.54, 1.807) is 16.7 Å². The number of nitrogens with zero attached hydrogens (tertiary/aromatic N) is 2. The zero-order valence-electron chi connectivity index (χ0n) is 12.1. The van der Waals surface area contributed by atoms with E-state index in [2.05, 4.69) is 0 Å². The molecule has 1 aliphatic heterocycles. The van der Waals surface area contributed by atoms with Crippen molar-refractivity contribution >= 4 is 30.3 Å². The van der Waals surface area contributed by atoms with Gasteiger partial charge in [0.1, 0.15) is 0 Å². The molecule has 1 heterocycles. The summed E-state index contributed by atoms with van der Waals surface area (Å²) in [4.78, 5) is 37.4. The molecule has 0 saturated carbocycles. The number of ether oxygens (including phenoxy) is 1. The third-order valence-corrected chi connectivity index (χ3v) is 3.14. The average Bonchev–Trinajstić information content (AvgIpc) is 2.44. The van der Waals surface area contributed by atoms with Crippen molar-refractivity contribution in [2.75, 3.05) is 32.8 Å². The predicted molar refractivity (Wildman–Crippen MR) is 78.8 cm³/mol. The molecule has 8 nitrogen and oxygen atoms in total. The molecule has 0 aromatic heterocycles. The Hall–Kier alpha value is -1.54. The zero-order valence-corrected chi connectivity index (χ0v) is 12.9. The molecule has 1 atom stereocenters. The summed E-state index contributed by atoms with van der Waals surface area (Å²) in [6.07, 6.45) is -0.0280. The molecule has 122 valence electrons. The summed E-state index contributed by atoms with van der Waals surface area (Å²) < 4.78 is 4.90. The molecule has 0 bridgehead atoms. The van der Waals surface area contributed by atoms with Crippen LogP contribution in [0.15, 0.2) is 0 Å². The largest absolute Gasteiger partial charge is 0.450 e. The second-order valence-electron chi connectivity index (χ2n) is 4.62. The Morgan fingerprint density at radius 3 is 2.14 bits per heavy atom. The maximum atomic E-state index is 12.0. The van der Waals surface area contributed by atoms with Crippen LogP contribution in [0.5, 0.6) is 0 Å². The van der Waals surface area contributed by atoms with Gasteiger partial charge in [0.2, 0.25) is 11.8 Å². The highest BCUT2D eigenvalue weighted by molar-refractivity contribution is 5.85. The number of hydrogen-bond acceptors (Lipinski definition) is 5. The van der Waals surface area contributed by atoms with E-state index in [0.29, 0.717) is 32.8 Å². The minimum absolute atomic E-state index is 0. The molecule has 4 N–H and O–H groups in total. The fourth-order valence-electron chi connectivity index (χ4n) is 1.98. The second kappa shape index (κ2) is 9.41. The van der Waals surface area contributed by atoms with Gasteiger partial charge in [-0.1, -0.05) is 0 Å². The molecule has 1 rings (SSSR count). The standard InChI is InChI=1S/C12H22N4O4.ClH/c1-2-20-12(19)16-7-5-15(6-8-16)11(18)9(13)3-4-10(14)17;/h9H,2-8,13H2,1H3,(H2,14,17);1H. The zero-order chi connectivity index (χ0) is 15.1. The van der Waals surface area contributed by atoms with Crippen LogP contribution in [0.3, 0.4) is 0 Å². The lowest BCUT2D eigenvalue weighted by Crippen LogP contribution is -2.54. The number of rotatable bonds is 5. The minimum Gasteiger partial charge on any atom is -0.450 e. The highest BCUT2D eigenvalue weighted by Gasteiger charge is 2.27. The van der Waals surface area contributed by atoms with Crippen LogP contribution in [-0.4, -0.2) is 66.5 Å². The SMILES string of the molecule is CCOC(=O)N1CCN(C(=O)C(N)CCC(N)=O)CC1.Cl. The van der Waals surface area contributed by atoms with Crippen molar-refractivity contribution < 1.29 is 19.1 Å². The van der Waals surface area contributed by atoms with Gasteiger partial charge in [-0.2, -0.15) is 0 Å². The van der Waals surface area contributed by atoms with Crippen LogP contribution in [0.1, 0.15) is 19.8 Å². The van der Waals surface area contributed by atoms with E-state index in [4.69, 9.17) is 16.2 Å². The molecule has 1 unspecified atom stereocenters. The molecule has 0 aromatic rings. The average molecular weight is 323 g/mol. The number of amides is 3. The Bertz CT molecular complexity index is 372. The summed E-state index contributed by atoms with van der Waals surface area (Å²) in [5.41, 5.74) is 10.8. The van der Waals surface area contributed by atoms with Crippen molar-refractivity contribution in [1.82, 2.24) is 9.80 Å². The molecule has 0 aromatic carbocycles. The number of nitrogens with two attached hydrogens (primary N) is 2. The molecule has 21 heavy (non-hydrogen) atoms. The van der Waals surface area contributed by atoms with Crippen LogP contribution in [0.2, 0.25) is 0 Å². The normalized spacial score (nSPS) is 15.9. The first-order valence-electron chi connectivity index (χ1n) is 6.70. The molecule has 0 aliphatic carbocycles. The first-order valence-corrected chi connectivity index (χ1v) is 6.70. The van der Waals surface area contributed by atoms with E-state index in [1.165, 1.54) is 0 Å². The number of carbonyl (C=O) groups excluding carboxylic acids is 3. The van der Waals surface area contributed by atoms with Crippen molar-refractivity contribution in [1.29, 1.82) is 0 Å². The van der Waals surface area contributed by atoms with Crippen LogP contribution in [0.25, 0.3) is 0 Å². The van der Waals surface area contributed by atoms with Crippen molar-refractivity contribution in [3.8, 4) is 0 Å². The smallest absolute Gasteiger partial charge is 0.409 e. The van der Waals surface area contributed by atoms with Crippen LogP contribution >= 0.6 is 12.4 Å². The van der Waals surface area contributed by atoms with Crippen molar-refractivity contribution in [2.45, 2.75) is 25.8 Å². The first kappa shape index (κ1) is 19.5. The van der Waals surface area contributed by atoms with Gasteiger partial charge in [-0.15, -0.1) is 12.4 Å². The number of carbonyl (C=O) groups is 3. The lowest BCUT2D eigenvalue weighted by atomic mass is 10.1. The van der Waals surface area contributed by atoms with Crippen LogP contribution in [-0.2, 0) is 14.3 Å². The van der Waals surface area contributed by atoms with Gasteiger partial charge in [0, 0.05) is 32.6 Å². The molecule has 1 saturated heterocycles. The van der Waals surface area contributed by atoms with E-state index in [-0.39, 0.29) is 37.2 Å². The Morgan fingerprint density at radius 1 is 1.14 bits per heavy atom. The summed E-state index contributed by atoms with van der Waals surface area (Å²) in [6, 6.07) is -0.725. The molecule has 0 spiro atoms. The van der Waals surface area contributed by atoms with Crippen molar-refractivity contribution in [3.05, 3.63) is 0 Å². The Kier molecular flexibility index (Phi) is 8.72. The fourth-order valence-corrected chi connectivity index (χ4v) is 1.98. The highest BCUT2D eigenvalue weighted by atomic mass is 35.5. The summed E-state index contributed by atoms with van der Waals surface area (Å²) in [7, 11) is 0. The third kappa shape index (κ3) is 6.17. The maximum absolute atomic E-state index is 12.0. The van der Waals surface area contributed by atoms with E-state index < -0.39 is 11.9 Å². The van der Waals surface area contributed by atoms with Gasteiger partial charge < -0.3 is 26.0 Å². The third-order valence-electron chi connectivity index (χ3n) is 3.14. The predicted octanol–water partition coefficient (Wildman–Crippen LogP) is -0.698. The summed E-state index contributed by atoms with van der Waals surface area (Å²) in [5.74, 6) is -0.685. The van der Waals surface area contributed by atoms with Crippen LogP contribution < -0.4 is 11.5 Å². The lowest BCUT2D eigenvalue weighted by Gasteiger charge is -2.35. The summed E-state index contributed by atoms with van der Waals surface area (Å²) in [5, 5.41) is 0. The summed E-state index contributed by atoms with van der Waals surface area (Å²) >= 11 is 0. The molecule has 1 fully saturated rings. The van der Waals surface area contributed by atoms with Crippen molar-refractivity contribution in [3.63, 3.8) is 0 Å². The molecule has 0 radical (unpaired) electrons. The number of piperazine rings is 1. The van der Waals surface area contributed by atoms with E-state index in [1.807, 2.05) is 0 Å². The molecular formula is C12H23ClN4O4. The summed E-state index contributed by atoms with van der Waals surface area (Å²) in [6.45, 7) is 3.76. The minimum atomic E-state index is -0.725. The van der Waals surface area contributed by atoms with Crippen molar-refractivity contribution in [2.24, 2.45) is 11.5 Å². The van der Waals surface area contributed by atoms with Gasteiger partial charge in [0.05, 0.1) is 12.6 Å². The van der Waals surface area contributed by atoms with Gasteiger partial charge >= 0.3 is 6.09 Å². The van der Waals surface area contributed by atoms with E-state index >= 15 is 0 Å². The molecule has 1 aliphatic rings. The van der Waals surface area contributed by atoms with Crippen LogP contribution in [0.4, 0.5) is 4.79 Å². The Balaban J connectivity index is 0.00000400. The van der Waals surface area contributed by atoms with Gasteiger partial charge in [-0.05, 0) is 13.3 Å². The first-order chi connectivity index (χ1) is 9.45. The molecule has 3 amide bonds. The van der Waals surface area contributed by atoms with Gasteiger partial charge in [0.15, 0.2) is 0 Å². The number of primary amides is 1. The number of halogens is 1. The topological polar surface area (TPSA) is 119 Å². The number of hydrogen-bond donors (Lipinski definition) is 2. The maximum Gasteiger partial charge on any atom is 0.409 e. The van der Waals surface area contributed by atoms with Gasteiger partial charge in [-0.25, -0.2) is 4.79 Å².